The number of fused-ring (bicyclic) bond motifs is 3. The van der Waals surface area contributed by atoms with Crippen molar-refractivity contribution in [2.75, 3.05) is 7.05 Å². The van der Waals surface area contributed by atoms with Gasteiger partial charge in [0.1, 0.15) is 5.60 Å². The fourth-order valence-electron chi connectivity index (χ4n) is 3.56. The van der Waals surface area contributed by atoms with Crippen molar-refractivity contribution >= 4 is 12.1 Å². The highest BCUT2D eigenvalue weighted by Crippen LogP contribution is 2.62. The second-order valence-electron chi connectivity index (χ2n) is 5.32. The van der Waals surface area contributed by atoms with Crippen LogP contribution in [-0.4, -0.2) is 42.2 Å². The molecule has 1 saturated carbocycles. The van der Waals surface area contributed by atoms with Crippen molar-refractivity contribution in [1.82, 2.24) is 5.32 Å². The zero-order valence-corrected chi connectivity index (χ0v) is 11.3. The van der Waals surface area contributed by atoms with E-state index in [2.05, 4.69) is 5.32 Å². The fraction of sp³-hybridized carbons (Fsp3) is 0.692. The molecule has 0 aromatic heterocycles. The van der Waals surface area contributed by atoms with Crippen molar-refractivity contribution in [2.45, 2.75) is 37.8 Å². The van der Waals surface area contributed by atoms with Crippen LogP contribution in [0.5, 0.6) is 0 Å². The van der Waals surface area contributed by atoms with Crippen molar-refractivity contribution in [3.8, 4) is 0 Å². The molecule has 5 atom stereocenters. The van der Waals surface area contributed by atoms with Gasteiger partial charge in [-0.1, -0.05) is 6.92 Å². The van der Waals surface area contributed by atoms with Gasteiger partial charge < -0.3 is 24.6 Å². The van der Waals surface area contributed by atoms with Crippen LogP contribution in [0.4, 0.5) is 4.79 Å². The van der Waals surface area contributed by atoms with Crippen LogP contribution >= 0.6 is 0 Å². The van der Waals surface area contributed by atoms with E-state index in [0.29, 0.717) is 6.42 Å². The number of rotatable bonds is 3. The average molecular weight is 283 g/mol. The molecule has 0 aromatic rings. The second kappa shape index (κ2) is 4.37. The summed E-state index contributed by atoms with van der Waals surface area (Å²) in [6, 6.07) is 0. The summed E-state index contributed by atoms with van der Waals surface area (Å²) >= 11 is 0. The van der Waals surface area contributed by atoms with E-state index < -0.39 is 24.0 Å². The molecular formula is C13H17NO6. The Morgan fingerprint density at radius 1 is 1.60 bits per heavy atom. The summed E-state index contributed by atoms with van der Waals surface area (Å²) in [5, 5.41) is 11.6. The number of carbonyl (C=O) groups is 2. The first-order valence-corrected chi connectivity index (χ1v) is 6.68. The number of carboxylic acids is 1. The molecule has 20 heavy (non-hydrogen) atoms. The Morgan fingerprint density at radius 2 is 2.35 bits per heavy atom. The number of hydrogen-bond donors (Lipinski definition) is 2. The third kappa shape index (κ3) is 1.69. The van der Waals surface area contributed by atoms with Crippen LogP contribution in [0, 0.1) is 11.8 Å². The molecule has 1 aliphatic carbocycles. The minimum atomic E-state index is -0.994. The van der Waals surface area contributed by atoms with Crippen LogP contribution < -0.4 is 5.32 Å². The number of hydrogen-bond acceptors (Lipinski definition) is 5. The van der Waals surface area contributed by atoms with Crippen LogP contribution in [0.3, 0.4) is 0 Å². The Labute approximate surface area is 115 Å². The van der Waals surface area contributed by atoms with E-state index in [1.165, 1.54) is 13.3 Å². The standard InChI is InChI=1S/C13H17NO6/c1-3-13-8(20-13)4-6-7(10(15)16)5-18-11(9(6)13)19-12(17)14-2/h5-6,8-9,11H,3-4H2,1-2H3,(H,14,17)(H,15,16)/t6-,8+,9+,11+,13+/m1/s1. The molecule has 1 saturated heterocycles. The Hall–Kier alpha value is -1.76. The van der Waals surface area contributed by atoms with Crippen molar-refractivity contribution in [1.29, 1.82) is 0 Å². The average Bonchev–Trinajstić information content (AvgIpc) is 3.04. The van der Waals surface area contributed by atoms with Crippen molar-refractivity contribution < 1.29 is 28.9 Å². The van der Waals surface area contributed by atoms with Gasteiger partial charge in [0.2, 0.25) is 0 Å². The lowest BCUT2D eigenvalue weighted by atomic mass is 9.80. The van der Waals surface area contributed by atoms with Gasteiger partial charge in [0.25, 0.3) is 6.29 Å². The summed E-state index contributed by atoms with van der Waals surface area (Å²) in [4.78, 5) is 22.7. The smallest absolute Gasteiger partial charge is 0.409 e. The van der Waals surface area contributed by atoms with E-state index in [0.717, 1.165) is 6.42 Å². The van der Waals surface area contributed by atoms with E-state index in [4.69, 9.17) is 14.2 Å². The number of ether oxygens (including phenoxy) is 3. The number of carboxylic acid groups (broad SMARTS) is 1. The molecule has 0 aromatic carbocycles. The van der Waals surface area contributed by atoms with Crippen molar-refractivity contribution in [3.63, 3.8) is 0 Å². The van der Waals surface area contributed by atoms with Crippen LogP contribution in [0.2, 0.25) is 0 Å². The van der Waals surface area contributed by atoms with E-state index >= 15 is 0 Å². The molecule has 0 radical (unpaired) electrons. The first-order valence-electron chi connectivity index (χ1n) is 6.68. The van der Waals surface area contributed by atoms with Gasteiger partial charge in [0.15, 0.2) is 0 Å². The lowest BCUT2D eigenvalue weighted by molar-refractivity contribution is -0.149. The van der Waals surface area contributed by atoms with Gasteiger partial charge in [-0.25, -0.2) is 9.59 Å². The molecule has 0 bridgehead atoms. The maximum absolute atomic E-state index is 11.4. The quantitative estimate of drug-likeness (QED) is 0.745. The Bertz CT molecular complexity index is 485. The van der Waals surface area contributed by atoms with Gasteiger partial charge >= 0.3 is 12.1 Å². The first kappa shape index (κ1) is 13.2. The maximum atomic E-state index is 11.4. The van der Waals surface area contributed by atoms with E-state index in [9.17, 15) is 14.7 Å². The highest BCUT2D eigenvalue weighted by Gasteiger charge is 2.72. The third-order valence-electron chi connectivity index (χ3n) is 4.56. The minimum absolute atomic E-state index is 0.0303. The van der Waals surface area contributed by atoms with Gasteiger partial charge in [-0.2, -0.15) is 0 Å². The Morgan fingerprint density at radius 3 is 2.95 bits per heavy atom. The largest absolute Gasteiger partial charge is 0.478 e. The van der Waals surface area contributed by atoms with Gasteiger partial charge in [0, 0.05) is 13.0 Å². The molecule has 7 nitrogen and oxygen atoms in total. The van der Waals surface area contributed by atoms with Crippen molar-refractivity contribution in [3.05, 3.63) is 11.8 Å². The van der Waals surface area contributed by atoms with Crippen LogP contribution in [-0.2, 0) is 19.0 Å². The fourth-order valence-corrected chi connectivity index (χ4v) is 3.56. The molecule has 7 heteroatoms. The molecule has 3 rings (SSSR count). The third-order valence-corrected chi connectivity index (χ3v) is 4.56. The minimum Gasteiger partial charge on any atom is -0.478 e. The summed E-state index contributed by atoms with van der Waals surface area (Å²) in [7, 11) is 1.46. The number of aliphatic carboxylic acids is 1. The SMILES string of the molecule is CC[C@]12O[C@H]1C[C@@H]1C(C(=O)O)=CO[C@@H](OC(=O)NC)[C@H]12. The molecule has 2 heterocycles. The summed E-state index contributed by atoms with van der Waals surface area (Å²) in [5.74, 6) is -1.47. The molecule has 2 aliphatic heterocycles. The van der Waals surface area contributed by atoms with E-state index in [1.54, 1.807) is 0 Å². The van der Waals surface area contributed by atoms with Crippen molar-refractivity contribution in [2.24, 2.45) is 11.8 Å². The monoisotopic (exact) mass is 283 g/mol. The summed E-state index contributed by atoms with van der Waals surface area (Å²) in [6.07, 6.45) is 1.19. The maximum Gasteiger partial charge on any atom is 0.409 e. The predicted octanol–water partition coefficient (Wildman–Crippen LogP) is 0.851. The molecular weight excluding hydrogens is 266 g/mol. The zero-order chi connectivity index (χ0) is 14.5. The predicted molar refractivity (Wildman–Crippen MR) is 65.6 cm³/mol. The van der Waals surface area contributed by atoms with Crippen LogP contribution in [0.25, 0.3) is 0 Å². The zero-order valence-electron chi connectivity index (χ0n) is 11.3. The van der Waals surface area contributed by atoms with E-state index in [-0.39, 0.29) is 23.5 Å². The van der Waals surface area contributed by atoms with Gasteiger partial charge in [-0.3, -0.25) is 0 Å². The molecule has 3 aliphatic rings. The highest BCUT2D eigenvalue weighted by molar-refractivity contribution is 5.87. The summed E-state index contributed by atoms with van der Waals surface area (Å²) in [6.45, 7) is 1.98. The van der Waals surface area contributed by atoms with Gasteiger partial charge in [0.05, 0.1) is 23.9 Å². The molecule has 0 spiro atoms. The van der Waals surface area contributed by atoms with Crippen LogP contribution in [0.15, 0.2) is 11.8 Å². The lowest BCUT2D eigenvalue weighted by Gasteiger charge is -2.36. The number of carbonyl (C=O) groups excluding carboxylic acids is 1. The first-order chi connectivity index (χ1) is 9.53. The number of nitrogens with one attached hydrogen (secondary N) is 1. The molecule has 0 unspecified atom stereocenters. The summed E-state index contributed by atoms with van der Waals surface area (Å²) in [5.41, 5.74) is -0.187. The molecule has 2 N–H and O–H groups in total. The molecule has 2 fully saturated rings. The summed E-state index contributed by atoms with van der Waals surface area (Å²) < 4.78 is 16.3. The van der Waals surface area contributed by atoms with Gasteiger partial charge in [-0.05, 0) is 12.8 Å². The Kier molecular flexibility index (Phi) is 2.89. The number of amides is 1. The highest BCUT2D eigenvalue weighted by atomic mass is 16.7. The number of alkyl carbamates (subject to hydrolysis) is 1. The van der Waals surface area contributed by atoms with Crippen LogP contribution in [0.1, 0.15) is 19.8 Å². The normalized spacial score (nSPS) is 40.8. The van der Waals surface area contributed by atoms with E-state index in [1.807, 2.05) is 6.92 Å². The van der Waals surface area contributed by atoms with Gasteiger partial charge in [-0.15, -0.1) is 0 Å². The second-order valence-corrected chi connectivity index (χ2v) is 5.32. The molecule has 110 valence electrons. The number of epoxide rings is 1. The lowest BCUT2D eigenvalue weighted by Crippen LogP contribution is -2.45. The Balaban J connectivity index is 1.89. The molecule has 1 amide bonds. The topological polar surface area (TPSA) is 97.4 Å².